The highest BCUT2D eigenvalue weighted by molar-refractivity contribution is 6.09. The van der Waals surface area contributed by atoms with Gasteiger partial charge in [0.1, 0.15) is 5.69 Å². The summed E-state index contributed by atoms with van der Waals surface area (Å²) in [6, 6.07) is 8.64. The molecule has 0 atom stereocenters. The van der Waals surface area contributed by atoms with Gasteiger partial charge in [0.25, 0.3) is 5.91 Å². The van der Waals surface area contributed by atoms with Crippen molar-refractivity contribution >= 4 is 51.2 Å². The molecular formula is C43H14F15N5O. The largest absolute Gasteiger partial charge is 0.354 e. The number of hydrogen-bond donors (Lipinski definition) is 2. The van der Waals surface area contributed by atoms with Gasteiger partial charge in [-0.15, -0.1) is 0 Å². The molecule has 0 aliphatic carbocycles. The normalized spacial score (nSPS) is 12.0. The van der Waals surface area contributed by atoms with E-state index >= 15 is 43.9 Å². The smallest absolute Gasteiger partial charge is 0.281 e. The lowest BCUT2D eigenvalue weighted by Gasteiger charge is -2.14. The molecule has 0 spiro atoms. The van der Waals surface area contributed by atoms with Gasteiger partial charge in [-0.2, -0.15) is 0 Å². The lowest BCUT2D eigenvalue weighted by atomic mass is 10.0. The number of carbonyl (C=O) groups excluding carboxylic acids is 1. The third-order valence-corrected chi connectivity index (χ3v) is 10.2. The lowest BCUT2D eigenvalue weighted by Crippen LogP contribution is -2.15. The Morgan fingerprint density at radius 1 is 0.391 bits per heavy atom. The monoisotopic (exact) mass is 901 g/mol. The van der Waals surface area contributed by atoms with E-state index in [1.165, 1.54) is 12.1 Å². The van der Waals surface area contributed by atoms with Crippen LogP contribution in [0.3, 0.4) is 0 Å². The minimum Gasteiger partial charge on any atom is -0.354 e. The summed E-state index contributed by atoms with van der Waals surface area (Å²) in [4.78, 5) is 27.8. The summed E-state index contributed by atoms with van der Waals surface area (Å²) in [5, 5.41) is 0. The fourth-order valence-electron chi connectivity index (χ4n) is 7.35. The Morgan fingerprint density at radius 2 is 0.750 bits per heavy atom. The van der Waals surface area contributed by atoms with Crippen LogP contribution in [0.2, 0.25) is 0 Å². The lowest BCUT2D eigenvalue weighted by molar-refractivity contribution is 0.0964. The molecule has 21 heteroatoms. The molecule has 0 saturated heterocycles. The van der Waals surface area contributed by atoms with E-state index in [4.69, 9.17) is 0 Å². The first kappa shape index (κ1) is 41.5. The number of aromatic amines is 2. The minimum absolute atomic E-state index is 0.218. The Morgan fingerprint density at radius 3 is 1.17 bits per heavy atom. The third kappa shape index (κ3) is 5.97. The molecule has 0 fully saturated rings. The van der Waals surface area contributed by atoms with Crippen molar-refractivity contribution in [3.63, 3.8) is 0 Å². The zero-order valence-electron chi connectivity index (χ0n) is 30.8. The Labute approximate surface area is 344 Å². The van der Waals surface area contributed by atoms with Gasteiger partial charge >= 0.3 is 0 Å². The molecule has 64 heavy (non-hydrogen) atoms. The molecule has 6 nitrogen and oxygen atoms in total. The molecule has 8 bridgehead atoms. The summed E-state index contributed by atoms with van der Waals surface area (Å²) >= 11 is 0. The number of halogens is 15. The molecule has 0 saturated carbocycles. The van der Waals surface area contributed by atoms with Crippen LogP contribution in [0.5, 0.6) is 0 Å². The molecule has 0 amide bonds. The zero-order chi connectivity index (χ0) is 45.8. The van der Waals surface area contributed by atoms with Crippen molar-refractivity contribution < 1.29 is 70.7 Å². The summed E-state index contributed by atoms with van der Waals surface area (Å²) in [5.74, 6) is -39.2. The van der Waals surface area contributed by atoms with Gasteiger partial charge in [0.2, 0.25) is 17.5 Å². The highest BCUT2D eigenvalue weighted by atomic mass is 19.2. The maximum absolute atomic E-state index is 16.1. The molecule has 1 aliphatic heterocycles. The van der Waals surface area contributed by atoms with Crippen molar-refractivity contribution in [2.24, 2.45) is 0 Å². The second kappa shape index (κ2) is 14.9. The van der Waals surface area contributed by atoms with Gasteiger partial charge < -0.3 is 9.97 Å². The number of aromatic nitrogens is 5. The van der Waals surface area contributed by atoms with E-state index in [-0.39, 0.29) is 11.2 Å². The molecule has 1 aliphatic rings. The average molecular weight is 902 g/mol. The van der Waals surface area contributed by atoms with Crippen LogP contribution in [0, 0.1) is 87.3 Å². The molecule has 0 radical (unpaired) electrons. The second-order valence-corrected chi connectivity index (χ2v) is 13.7. The fourth-order valence-corrected chi connectivity index (χ4v) is 7.35. The molecule has 5 aromatic heterocycles. The van der Waals surface area contributed by atoms with Crippen molar-refractivity contribution in [1.29, 1.82) is 0 Å². The quantitative estimate of drug-likeness (QED) is 0.105. The molecule has 322 valence electrons. The number of rotatable bonds is 4. The molecular weight excluding hydrogens is 887 g/mol. The van der Waals surface area contributed by atoms with Crippen LogP contribution in [0.1, 0.15) is 21.9 Å². The number of fused-ring (bicyclic) bond motifs is 9. The van der Waals surface area contributed by atoms with Gasteiger partial charge in [-0.1, -0.05) is 6.07 Å². The van der Waals surface area contributed by atoms with Crippen molar-refractivity contribution in [3.8, 4) is 33.4 Å². The number of benzene rings is 3. The van der Waals surface area contributed by atoms with Gasteiger partial charge in [0.05, 0.1) is 44.6 Å². The summed E-state index contributed by atoms with van der Waals surface area (Å²) in [6.45, 7) is 0. The van der Waals surface area contributed by atoms with Crippen molar-refractivity contribution in [2.75, 3.05) is 0 Å². The van der Waals surface area contributed by atoms with E-state index in [1.807, 2.05) is 0 Å². The number of nitrogens with one attached hydrogen (secondary N) is 2. The predicted octanol–water partition coefficient (Wildman–Crippen LogP) is 12.3. The number of pyridine rings is 1. The SMILES string of the molecule is O=C(c1ccccn1)n1c2ccc1c(-c1c(F)c(F)c(F)c(F)c1F)c1ccc([nH]1)c(-c1c(F)c(F)c(F)c(F)c1F)c1nc(c3ccc([nH]3)c2-c2c(F)c(F)c(F)c(F)c2F)C=C1. The van der Waals surface area contributed by atoms with Crippen LogP contribution < -0.4 is 0 Å². The maximum atomic E-state index is 16.1. The topological polar surface area (TPSA) is 79.4 Å². The van der Waals surface area contributed by atoms with Gasteiger partial charge in [0, 0.05) is 39.4 Å². The van der Waals surface area contributed by atoms with Gasteiger partial charge in [-0.3, -0.25) is 14.3 Å². The van der Waals surface area contributed by atoms with Crippen LogP contribution >= 0.6 is 0 Å². The van der Waals surface area contributed by atoms with Gasteiger partial charge in [-0.25, -0.2) is 70.8 Å². The summed E-state index contributed by atoms with van der Waals surface area (Å²) in [7, 11) is 0. The molecule has 2 N–H and O–H groups in total. The predicted molar refractivity (Wildman–Crippen MR) is 198 cm³/mol. The van der Waals surface area contributed by atoms with Crippen LogP contribution in [0.15, 0.2) is 60.8 Å². The van der Waals surface area contributed by atoms with Crippen molar-refractivity contribution in [1.82, 2.24) is 24.5 Å². The highest BCUT2D eigenvalue weighted by Crippen LogP contribution is 2.43. The van der Waals surface area contributed by atoms with E-state index in [0.29, 0.717) is 10.6 Å². The molecule has 8 aromatic rings. The Hall–Kier alpha value is -7.84. The first-order chi connectivity index (χ1) is 30.4. The molecule has 0 unspecified atom stereocenters. The van der Waals surface area contributed by atoms with Crippen LogP contribution in [-0.4, -0.2) is 30.4 Å². The molecule has 3 aromatic carbocycles. The average Bonchev–Trinajstić information content (AvgIpc) is 4.14. The van der Waals surface area contributed by atoms with Crippen LogP contribution in [0.25, 0.3) is 78.6 Å². The van der Waals surface area contributed by atoms with Crippen molar-refractivity contribution in [3.05, 3.63) is 165 Å². The second-order valence-electron chi connectivity index (χ2n) is 13.7. The van der Waals surface area contributed by atoms with Crippen molar-refractivity contribution in [2.45, 2.75) is 0 Å². The third-order valence-electron chi connectivity index (χ3n) is 10.2. The Balaban J connectivity index is 1.62. The summed E-state index contributed by atoms with van der Waals surface area (Å²) in [6.07, 6.45) is 3.10. The van der Waals surface area contributed by atoms with Crippen LogP contribution in [-0.2, 0) is 0 Å². The van der Waals surface area contributed by atoms with E-state index in [9.17, 15) is 26.7 Å². The van der Waals surface area contributed by atoms with Gasteiger partial charge in [-0.05, 0) is 60.7 Å². The summed E-state index contributed by atoms with van der Waals surface area (Å²) in [5.41, 5.74) is -14.2. The standard InChI is InChI=1S/C43H14F15N5O/c44-28-25(29(45)35(51)40(56)34(28)50)22-15-6-4-13(60-15)14-5-7-17(61-14)23(26-30(46)36(52)41(57)37(53)31(26)47)20-10-11-21(63(20)43(64)19-3-1-2-12-59-19)24(18-9-8-16(22)62-18)27-32(48)38(54)42(58)39(55)33(27)49/h1-12,61-62H. The highest BCUT2D eigenvalue weighted by Gasteiger charge is 2.34. The minimum atomic E-state index is -2.67. The fraction of sp³-hybridized carbons (Fsp3) is 0. The van der Waals surface area contributed by atoms with E-state index in [2.05, 4.69) is 19.9 Å². The Kier molecular flexibility index (Phi) is 9.67. The number of nitrogens with zero attached hydrogens (tertiary/aromatic N) is 3. The zero-order valence-corrected chi connectivity index (χ0v) is 30.8. The molecule has 6 heterocycles. The van der Waals surface area contributed by atoms with E-state index in [0.717, 1.165) is 54.7 Å². The first-order valence-electron chi connectivity index (χ1n) is 17.8. The Bertz CT molecular complexity index is 3450. The van der Waals surface area contributed by atoms with Crippen LogP contribution in [0.4, 0.5) is 65.9 Å². The number of hydrogen-bond acceptors (Lipinski definition) is 3. The summed E-state index contributed by atoms with van der Waals surface area (Å²) < 4.78 is 230. The number of H-pyrrole nitrogens is 2. The maximum Gasteiger partial charge on any atom is 0.281 e. The number of carbonyl (C=O) groups is 1. The first-order valence-corrected chi connectivity index (χ1v) is 17.8. The molecule has 9 rings (SSSR count). The van der Waals surface area contributed by atoms with E-state index in [1.54, 1.807) is 0 Å². The van der Waals surface area contributed by atoms with E-state index < -0.39 is 166 Å². The van der Waals surface area contributed by atoms with Gasteiger partial charge in [0.15, 0.2) is 69.8 Å².